The van der Waals surface area contributed by atoms with E-state index < -0.39 is 0 Å². The van der Waals surface area contributed by atoms with Crippen LogP contribution in [0.3, 0.4) is 0 Å². The lowest BCUT2D eigenvalue weighted by molar-refractivity contribution is -0.135. The lowest BCUT2D eigenvalue weighted by Crippen LogP contribution is -2.49. The van der Waals surface area contributed by atoms with Gasteiger partial charge < -0.3 is 15.0 Å². The molecule has 2 aromatic rings. The lowest BCUT2D eigenvalue weighted by Gasteiger charge is -2.36. The van der Waals surface area contributed by atoms with Gasteiger partial charge in [-0.05, 0) is 29.8 Å². The lowest BCUT2D eigenvalue weighted by atomic mass is 10.0. The van der Waals surface area contributed by atoms with Gasteiger partial charge in [0.1, 0.15) is 5.75 Å². The third-order valence-corrected chi connectivity index (χ3v) is 4.63. The second-order valence-corrected chi connectivity index (χ2v) is 6.61. The topological polar surface area (TPSA) is 54.5 Å². The minimum absolute atomic E-state index is 0.00549. The van der Waals surface area contributed by atoms with Crippen molar-refractivity contribution < 1.29 is 9.53 Å². The highest BCUT2D eigenvalue weighted by molar-refractivity contribution is 6.35. The molecule has 1 aliphatic heterocycles. The fourth-order valence-corrected chi connectivity index (χ4v) is 3.32. The fraction of sp³-hybridized carbons (Fsp3) is 0.333. The van der Waals surface area contributed by atoms with Crippen molar-refractivity contribution in [2.24, 2.45) is 0 Å². The second-order valence-electron chi connectivity index (χ2n) is 5.77. The van der Waals surface area contributed by atoms with Crippen molar-refractivity contribution in [3.05, 3.63) is 58.3 Å². The van der Waals surface area contributed by atoms with Gasteiger partial charge in [0.05, 0.1) is 24.1 Å². The number of nitrogens with one attached hydrogen (secondary N) is 1. The molecule has 1 N–H and O–H groups in total. The van der Waals surface area contributed by atoms with E-state index in [1.165, 1.54) is 0 Å². The van der Waals surface area contributed by atoms with Gasteiger partial charge in [-0.2, -0.15) is 0 Å². The number of ether oxygens (including phenoxy) is 1. The van der Waals surface area contributed by atoms with E-state index in [1.54, 1.807) is 24.4 Å². The maximum absolute atomic E-state index is 12.7. The number of nitrogens with zero attached hydrogens (tertiary/aromatic N) is 2. The van der Waals surface area contributed by atoms with Crippen LogP contribution < -0.4 is 10.1 Å². The van der Waals surface area contributed by atoms with Gasteiger partial charge in [-0.15, -0.1) is 0 Å². The molecule has 0 spiro atoms. The normalized spacial score (nSPS) is 17.4. The zero-order valence-corrected chi connectivity index (χ0v) is 15.1. The molecule has 0 saturated carbocycles. The average Bonchev–Trinajstić information content (AvgIpc) is 2.64. The molecular formula is C18H19Cl2N3O2. The molecule has 3 rings (SSSR count). The Morgan fingerprint density at radius 3 is 3.00 bits per heavy atom. The van der Waals surface area contributed by atoms with Crippen molar-refractivity contribution in [2.45, 2.75) is 12.5 Å². The molecule has 2 heterocycles. The number of rotatable bonds is 5. The van der Waals surface area contributed by atoms with Gasteiger partial charge in [0.15, 0.2) is 0 Å². The third kappa shape index (κ3) is 4.63. The minimum atomic E-state index is -0.00549. The number of amides is 1. The molecule has 1 atom stereocenters. The Morgan fingerprint density at radius 2 is 2.24 bits per heavy atom. The van der Waals surface area contributed by atoms with Gasteiger partial charge >= 0.3 is 0 Å². The monoisotopic (exact) mass is 379 g/mol. The Balaban J connectivity index is 1.59. The number of carbonyl (C=O) groups is 1. The predicted molar refractivity (Wildman–Crippen MR) is 98.1 cm³/mol. The molecule has 132 valence electrons. The summed E-state index contributed by atoms with van der Waals surface area (Å²) in [5.74, 6) is 0.587. The molecule has 7 heteroatoms. The van der Waals surface area contributed by atoms with Crippen LogP contribution in [0.5, 0.6) is 5.75 Å². The maximum Gasteiger partial charge on any atom is 0.226 e. The number of carbonyl (C=O) groups excluding carboxylic acids is 1. The molecule has 1 saturated heterocycles. The molecule has 1 unspecified atom stereocenters. The maximum atomic E-state index is 12.7. The van der Waals surface area contributed by atoms with Crippen molar-refractivity contribution in [3.8, 4) is 5.75 Å². The van der Waals surface area contributed by atoms with Crippen molar-refractivity contribution in [2.75, 3.05) is 26.2 Å². The Morgan fingerprint density at radius 1 is 1.36 bits per heavy atom. The van der Waals surface area contributed by atoms with E-state index in [0.29, 0.717) is 22.3 Å². The smallest absolute Gasteiger partial charge is 0.226 e. The molecule has 1 fully saturated rings. The third-order valence-electron chi connectivity index (χ3n) is 4.10. The Bertz CT molecular complexity index is 728. The molecule has 1 amide bonds. The van der Waals surface area contributed by atoms with Gasteiger partial charge in [0.2, 0.25) is 5.91 Å². The predicted octanol–water partition coefficient (Wildman–Crippen LogP) is 3.33. The summed E-state index contributed by atoms with van der Waals surface area (Å²) < 4.78 is 5.63. The van der Waals surface area contributed by atoms with Gasteiger partial charge in [-0.3, -0.25) is 9.78 Å². The number of hydrogen-bond donors (Lipinski definition) is 1. The number of pyridine rings is 1. The molecule has 1 aromatic carbocycles. The van der Waals surface area contributed by atoms with Crippen molar-refractivity contribution in [1.82, 2.24) is 15.2 Å². The first-order chi connectivity index (χ1) is 12.1. The van der Waals surface area contributed by atoms with Crippen LogP contribution in [-0.2, 0) is 4.79 Å². The van der Waals surface area contributed by atoms with E-state index in [-0.39, 0.29) is 25.0 Å². The van der Waals surface area contributed by atoms with Gasteiger partial charge in [-0.1, -0.05) is 29.3 Å². The largest absolute Gasteiger partial charge is 0.491 e. The molecule has 0 radical (unpaired) electrons. The summed E-state index contributed by atoms with van der Waals surface area (Å²) in [5, 5.41) is 4.32. The summed E-state index contributed by atoms with van der Waals surface area (Å²) in [4.78, 5) is 18.7. The van der Waals surface area contributed by atoms with Crippen LogP contribution in [0.15, 0.2) is 42.7 Å². The van der Waals surface area contributed by atoms with E-state index in [4.69, 9.17) is 27.9 Å². The summed E-state index contributed by atoms with van der Waals surface area (Å²) in [6, 6.07) is 8.91. The van der Waals surface area contributed by atoms with Crippen molar-refractivity contribution in [3.63, 3.8) is 0 Å². The quantitative estimate of drug-likeness (QED) is 0.865. The highest BCUT2D eigenvalue weighted by Gasteiger charge is 2.27. The summed E-state index contributed by atoms with van der Waals surface area (Å²) in [7, 11) is 0. The Hall–Kier alpha value is -1.82. The molecule has 0 aliphatic carbocycles. The first-order valence-electron chi connectivity index (χ1n) is 8.13. The van der Waals surface area contributed by atoms with Crippen LogP contribution in [0, 0.1) is 0 Å². The molecular weight excluding hydrogens is 361 g/mol. The number of halogens is 2. The summed E-state index contributed by atoms with van der Waals surface area (Å²) in [5.41, 5.74) is 1.03. The van der Waals surface area contributed by atoms with E-state index in [0.717, 1.165) is 18.7 Å². The molecule has 1 aliphatic rings. The fourth-order valence-electron chi connectivity index (χ4n) is 2.86. The van der Waals surface area contributed by atoms with Crippen LogP contribution >= 0.6 is 23.2 Å². The van der Waals surface area contributed by atoms with Crippen molar-refractivity contribution >= 4 is 29.1 Å². The van der Waals surface area contributed by atoms with E-state index in [2.05, 4.69) is 10.3 Å². The first-order valence-corrected chi connectivity index (χ1v) is 8.88. The first kappa shape index (κ1) is 18.0. The summed E-state index contributed by atoms with van der Waals surface area (Å²) >= 11 is 11.9. The van der Waals surface area contributed by atoms with Crippen LogP contribution in [-0.4, -0.2) is 42.0 Å². The zero-order chi connectivity index (χ0) is 17.6. The number of hydrogen-bond acceptors (Lipinski definition) is 4. The van der Waals surface area contributed by atoms with Crippen LogP contribution in [0.25, 0.3) is 0 Å². The highest BCUT2D eigenvalue weighted by Crippen LogP contribution is 2.28. The van der Waals surface area contributed by atoms with Crippen molar-refractivity contribution in [1.29, 1.82) is 0 Å². The molecule has 25 heavy (non-hydrogen) atoms. The highest BCUT2D eigenvalue weighted by atomic mass is 35.5. The SMILES string of the molecule is O=C(CCOc1ccc(Cl)cc1Cl)N1CCNCC1c1cccnc1. The van der Waals surface area contributed by atoms with Crippen LogP contribution in [0.1, 0.15) is 18.0 Å². The van der Waals surface area contributed by atoms with Gasteiger partial charge in [0.25, 0.3) is 0 Å². The molecule has 5 nitrogen and oxygen atoms in total. The summed E-state index contributed by atoms with van der Waals surface area (Å²) in [6.45, 7) is 2.44. The minimum Gasteiger partial charge on any atom is -0.491 e. The number of aromatic nitrogens is 1. The Labute approximate surface area is 156 Å². The van der Waals surface area contributed by atoms with Crippen LogP contribution in [0.2, 0.25) is 10.0 Å². The summed E-state index contributed by atoms with van der Waals surface area (Å²) in [6.07, 6.45) is 3.83. The molecule has 0 bridgehead atoms. The second kappa shape index (κ2) is 8.52. The Kier molecular flexibility index (Phi) is 6.13. The number of piperazine rings is 1. The standard InChI is InChI=1S/C18H19Cl2N3O2/c19-14-3-4-17(15(20)10-14)25-9-5-18(24)23-8-7-22-12-16(23)13-2-1-6-21-11-13/h1-4,6,10-11,16,22H,5,7-9,12H2. The molecule has 1 aromatic heterocycles. The van der Waals surface area contributed by atoms with Gasteiger partial charge in [0, 0.05) is 37.1 Å². The number of benzene rings is 1. The average molecular weight is 380 g/mol. The van der Waals surface area contributed by atoms with E-state index in [1.807, 2.05) is 23.2 Å². The van der Waals surface area contributed by atoms with E-state index in [9.17, 15) is 4.79 Å². The zero-order valence-electron chi connectivity index (χ0n) is 13.6. The van der Waals surface area contributed by atoms with Gasteiger partial charge in [-0.25, -0.2) is 0 Å². The van der Waals surface area contributed by atoms with Crippen LogP contribution in [0.4, 0.5) is 0 Å². The van der Waals surface area contributed by atoms with E-state index >= 15 is 0 Å².